The third-order valence-corrected chi connectivity index (χ3v) is 3.58. The molecule has 0 radical (unpaired) electrons. The van der Waals surface area contributed by atoms with Crippen molar-refractivity contribution in [3.63, 3.8) is 0 Å². The van der Waals surface area contributed by atoms with E-state index in [1.165, 1.54) is 5.56 Å². The zero-order chi connectivity index (χ0) is 16.5. The topological polar surface area (TPSA) is 46.5 Å². The number of para-hydroxylation sites is 1. The monoisotopic (exact) mass is 310 g/mol. The van der Waals surface area contributed by atoms with E-state index in [1.54, 1.807) is 13.0 Å². The van der Waals surface area contributed by atoms with Crippen molar-refractivity contribution in [3.05, 3.63) is 71.8 Å². The molecule has 0 atom stereocenters. The SMILES string of the molecule is CC(=CCCCCc1cccc(Oc2ccccc2)c1)C(=O)O. The molecule has 2 aromatic carbocycles. The number of allylic oxidation sites excluding steroid dienone is 1. The third kappa shape index (κ3) is 5.99. The minimum Gasteiger partial charge on any atom is -0.478 e. The zero-order valence-electron chi connectivity index (χ0n) is 13.4. The number of carbonyl (C=O) groups is 1. The van der Waals surface area contributed by atoms with Gasteiger partial charge in [-0.2, -0.15) is 0 Å². The fourth-order valence-electron chi connectivity index (χ4n) is 2.27. The van der Waals surface area contributed by atoms with Gasteiger partial charge in [0.2, 0.25) is 0 Å². The summed E-state index contributed by atoms with van der Waals surface area (Å²) in [5.41, 5.74) is 1.65. The Kier molecular flexibility index (Phi) is 6.42. The average molecular weight is 310 g/mol. The van der Waals surface area contributed by atoms with Gasteiger partial charge in [-0.05, 0) is 62.4 Å². The molecule has 0 heterocycles. The predicted molar refractivity (Wildman–Crippen MR) is 91.9 cm³/mol. The summed E-state index contributed by atoms with van der Waals surface area (Å²) >= 11 is 0. The molecule has 3 nitrogen and oxygen atoms in total. The standard InChI is InChI=1S/C20H22O3/c1-16(20(21)22)9-4-2-5-10-17-11-8-14-19(15-17)23-18-12-6-3-7-13-18/h3,6-9,11-15H,2,4-5,10H2,1H3,(H,21,22). The summed E-state index contributed by atoms with van der Waals surface area (Å²) in [7, 11) is 0. The average Bonchev–Trinajstić information content (AvgIpc) is 2.55. The van der Waals surface area contributed by atoms with E-state index in [2.05, 4.69) is 12.1 Å². The summed E-state index contributed by atoms with van der Waals surface area (Å²) in [6.07, 6.45) is 5.56. The molecule has 2 aromatic rings. The Morgan fingerprint density at radius 3 is 2.52 bits per heavy atom. The predicted octanol–water partition coefficient (Wildman–Crippen LogP) is 5.22. The molecule has 3 heteroatoms. The van der Waals surface area contributed by atoms with E-state index in [-0.39, 0.29) is 0 Å². The van der Waals surface area contributed by atoms with Crippen molar-refractivity contribution in [3.8, 4) is 11.5 Å². The number of benzene rings is 2. The summed E-state index contributed by atoms with van der Waals surface area (Å²) < 4.78 is 5.83. The highest BCUT2D eigenvalue weighted by atomic mass is 16.5. The summed E-state index contributed by atoms with van der Waals surface area (Å²) in [6, 6.07) is 17.8. The number of rotatable bonds is 8. The molecular formula is C20H22O3. The molecule has 0 aliphatic carbocycles. The molecule has 2 rings (SSSR count). The highest BCUT2D eigenvalue weighted by molar-refractivity contribution is 5.85. The molecule has 0 fully saturated rings. The lowest BCUT2D eigenvalue weighted by molar-refractivity contribution is -0.132. The Labute approximate surface area is 137 Å². The van der Waals surface area contributed by atoms with Gasteiger partial charge in [-0.3, -0.25) is 0 Å². The van der Waals surface area contributed by atoms with E-state index in [9.17, 15) is 4.79 Å². The number of aliphatic carboxylic acids is 1. The second-order valence-corrected chi connectivity index (χ2v) is 5.50. The molecular weight excluding hydrogens is 288 g/mol. The van der Waals surface area contributed by atoms with Crippen LogP contribution in [0.15, 0.2) is 66.2 Å². The summed E-state index contributed by atoms with van der Waals surface area (Å²) in [4.78, 5) is 10.7. The Bertz CT molecular complexity index is 660. The zero-order valence-corrected chi connectivity index (χ0v) is 13.4. The smallest absolute Gasteiger partial charge is 0.330 e. The molecule has 0 saturated carbocycles. The minimum absolute atomic E-state index is 0.420. The first-order chi connectivity index (χ1) is 11.1. The molecule has 120 valence electrons. The number of ether oxygens (including phenoxy) is 1. The van der Waals surface area contributed by atoms with Crippen LogP contribution in [0.5, 0.6) is 11.5 Å². The van der Waals surface area contributed by atoms with Crippen molar-refractivity contribution < 1.29 is 14.6 Å². The Hall–Kier alpha value is -2.55. The summed E-state index contributed by atoms with van der Waals surface area (Å²) in [5.74, 6) is 0.838. The fourth-order valence-corrected chi connectivity index (χ4v) is 2.27. The van der Waals surface area contributed by atoms with Crippen LogP contribution < -0.4 is 4.74 Å². The van der Waals surface area contributed by atoms with E-state index < -0.39 is 5.97 Å². The van der Waals surface area contributed by atoms with Gasteiger partial charge in [-0.25, -0.2) is 4.79 Å². The summed E-state index contributed by atoms with van der Waals surface area (Å²) in [5, 5.41) is 8.79. The van der Waals surface area contributed by atoms with E-state index >= 15 is 0 Å². The van der Waals surface area contributed by atoms with E-state index in [4.69, 9.17) is 9.84 Å². The van der Waals surface area contributed by atoms with Gasteiger partial charge in [0.05, 0.1) is 0 Å². The number of aryl methyl sites for hydroxylation is 1. The van der Waals surface area contributed by atoms with Crippen LogP contribution in [0.25, 0.3) is 0 Å². The van der Waals surface area contributed by atoms with Crippen molar-refractivity contribution in [2.75, 3.05) is 0 Å². The lowest BCUT2D eigenvalue weighted by atomic mass is 10.1. The van der Waals surface area contributed by atoms with Gasteiger partial charge in [0.25, 0.3) is 0 Å². The van der Waals surface area contributed by atoms with Crippen molar-refractivity contribution in [2.24, 2.45) is 0 Å². The molecule has 0 aromatic heterocycles. The first kappa shape index (κ1) is 16.8. The normalized spacial score (nSPS) is 11.3. The van der Waals surface area contributed by atoms with Gasteiger partial charge < -0.3 is 9.84 Å². The number of carboxylic acids is 1. The third-order valence-electron chi connectivity index (χ3n) is 3.58. The van der Waals surface area contributed by atoms with Gasteiger partial charge >= 0.3 is 5.97 Å². The lowest BCUT2D eigenvalue weighted by Gasteiger charge is -2.07. The number of hydrogen-bond acceptors (Lipinski definition) is 2. The molecule has 0 saturated heterocycles. The molecule has 0 bridgehead atoms. The van der Waals surface area contributed by atoms with Gasteiger partial charge in [-0.1, -0.05) is 36.4 Å². The maximum absolute atomic E-state index is 10.7. The number of hydrogen-bond donors (Lipinski definition) is 1. The number of unbranched alkanes of at least 4 members (excludes halogenated alkanes) is 2. The van der Waals surface area contributed by atoms with Gasteiger partial charge in [-0.15, -0.1) is 0 Å². The van der Waals surface area contributed by atoms with Gasteiger partial charge in [0, 0.05) is 5.57 Å². The Balaban J connectivity index is 1.81. The number of carboxylic acid groups (broad SMARTS) is 1. The molecule has 0 aliphatic heterocycles. The van der Waals surface area contributed by atoms with Crippen LogP contribution in [-0.4, -0.2) is 11.1 Å². The molecule has 0 spiro atoms. The highest BCUT2D eigenvalue weighted by Gasteiger charge is 2.00. The van der Waals surface area contributed by atoms with Crippen molar-refractivity contribution in [1.29, 1.82) is 0 Å². The van der Waals surface area contributed by atoms with Crippen molar-refractivity contribution in [2.45, 2.75) is 32.6 Å². The van der Waals surface area contributed by atoms with E-state index in [0.717, 1.165) is 37.2 Å². The molecule has 1 N–H and O–H groups in total. The largest absolute Gasteiger partial charge is 0.478 e. The van der Waals surface area contributed by atoms with Crippen LogP contribution in [-0.2, 0) is 11.2 Å². The minimum atomic E-state index is -0.837. The van der Waals surface area contributed by atoms with Crippen LogP contribution >= 0.6 is 0 Å². The second-order valence-electron chi connectivity index (χ2n) is 5.50. The first-order valence-corrected chi connectivity index (χ1v) is 7.87. The van der Waals surface area contributed by atoms with E-state index in [1.807, 2.05) is 42.5 Å². The van der Waals surface area contributed by atoms with Crippen molar-refractivity contribution in [1.82, 2.24) is 0 Å². The van der Waals surface area contributed by atoms with Crippen LogP contribution in [0.4, 0.5) is 0 Å². The molecule has 0 amide bonds. The summed E-state index contributed by atoms with van der Waals surface area (Å²) in [6.45, 7) is 1.63. The molecule has 0 aliphatic rings. The van der Waals surface area contributed by atoms with E-state index in [0.29, 0.717) is 5.57 Å². The Morgan fingerprint density at radius 2 is 1.78 bits per heavy atom. The van der Waals surface area contributed by atoms with Crippen molar-refractivity contribution >= 4 is 5.97 Å². The maximum Gasteiger partial charge on any atom is 0.330 e. The maximum atomic E-state index is 10.7. The van der Waals surface area contributed by atoms with Crippen LogP contribution in [0.1, 0.15) is 31.7 Å². The van der Waals surface area contributed by atoms with Crippen LogP contribution in [0.2, 0.25) is 0 Å². The van der Waals surface area contributed by atoms with Gasteiger partial charge in [0.15, 0.2) is 0 Å². The second kappa shape index (κ2) is 8.79. The highest BCUT2D eigenvalue weighted by Crippen LogP contribution is 2.22. The van der Waals surface area contributed by atoms with Crippen LogP contribution in [0.3, 0.4) is 0 Å². The Morgan fingerprint density at radius 1 is 1.04 bits per heavy atom. The van der Waals surface area contributed by atoms with Gasteiger partial charge in [0.1, 0.15) is 11.5 Å². The fraction of sp³-hybridized carbons (Fsp3) is 0.250. The first-order valence-electron chi connectivity index (χ1n) is 7.87. The molecule has 23 heavy (non-hydrogen) atoms. The quantitative estimate of drug-likeness (QED) is 0.537. The molecule has 0 unspecified atom stereocenters. The lowest BCUT2D eigenvalue weighted by Crippen LogP contribution is -1.95. The van der Waals surface area contributed by atoms with Crippen LogP contribution in [0, 0.1) is 0 Å².